The number of benzene rings is 1. The number of likely N-dealkylation sites (tertiary alicyclic amines) is 1. The molecule has 0 spiro atoms. The Morgan fingerprint density at radius 3 is 2.50 bits per heavy atom. The van der Waals surface area contributed by atoms with Crippen LogP contribution in [0.1, 0.15) is 30.9 Å². The maximum atomic E-state index is 13.0. The summed E-state index contributed by atoms with van der Waals surface area (Å²) in [5.74, 6) is -0.599. The molecule has 2 aromatic rings. The van der Waals surface area contributed by atoms with Crippen molar-refractivity contribution in [2.24, 2.45) is 0 Å². The van der Waals surface area contributed by atoms with Gasteiger partial charge in [-0.3, -0.25) is 19.9 Å². The number of ether oxygens (including phenoxy) is 1. The van der Waals surface area contributed by atoms with Crippen LogP contribution in [0.25, 0.3) is 0 Å². The number of nitro groups is 1. The van der Waals surface area contributed by atoms with Gasteiger partial charge in [0, 0.05) is 32.7 Å². The first-order chi connectivity index (χ1) is 17.4. The lowest BCUT2D eigenvalue weighted by Gasteiger charge is -2.40. The third-order valence-electron chi connectivity index (χ3n) is 6.53. The number of aromatic nitrogens is 2. The zero-order valence-corrected chi connectivity index (χ0v) is 21.6. The first-order valence-electron chi connectivity index (χ1n) is 12.2. The summed E-state index contributed by atoms with van der Waals surface area (Å²) in [6, 6.07) is 7.80. The van der Waals surface area contributed by atoms with Gasteiger partial charge in [-0.05, 0) is 50.2 Å². The summed E-state index contributed by atoms with van der Waals surface area (Å²) in [7, 11) is 0. The molecule has 11 nitrogen and oxygen atoms in total. The van der Waals surface area contributed by atoms with Crippen molar-refractivity contribution in [2.45, 2.75) is 44.1 Å². The molecule has 12 heteroatoms. The number of rotatable bonds is 9. The van der Waals surface area contributed by atoms with Gasteiger partial charge < -0.3 is 15.4 Å². The van der Waals surface area contributed by atoms with E-state index in [4.69, 9.17) is 10.5 Å². The lowest BCUT2D eigenvalue weighted by Crippen LogP contribution is -2.57. The van der Waals surface area contributed by atoms with Crippen molar-refractivity contribution >= 4 is 35.1 Å². The topological polar surface area (TPSA) is 131 Å². The highest BCUT2D eigenvalue weighted by Crippen LogP contribution is 2.35. The Morgan fingerprint density at radius 1 is 1.17 bits per heavy atom. The third-order valence-corrected chi connectivity index (χ3v) is 7.08. The maximum absolute atomic E-state index is 13.0. The average molecular weight is 516 g/mol. The van der Waals surface area contributed by atoms with Crippen LogP contribution >= 0.6 is 11.8 Å². The van der Waals surface area contributed by atoms with E-state index in [1.54, 1.807) is 18.1 Å². The van der Waals surface area contributed by atoms with E-state index in [1.165, 1.54) is 35.7 Å². The normalized spacial score (nSPS) is 18.9. The van der Waals surface area contributed by atoms with E-state index >= 15 is 0 Å². The molecule has 1 aromatic heterocycles. The number of hydrogen-bond donors (Lipinski definition) is 1. The Morgan fingerprint density at radius 2 is 1.86 bits per heavy atom. The summed E-state index contributed by atoms with van der Waals surface area (Å²) >= 11 is 1.23. The molecular weight excluding hydrogens is 482 g/mol. The molecule has 0 amide bonds. The predicted octanol–water partition coefficient (Wildman–Crippen LogP) is 2.54. The molecule has 1 atom stereocenters. The minimum absolute atomic E-state index is 0.0576. The molecule has 2 aliphatic heterocycles. The molecule has 0 aliphatic carbocycles. The van der Waals surface area contributed by atoms with E-state index in [9.17, 15) is 14.9 Å². The van der Waals surface area contributed by atoms with Gasteiger partial charge in [0.15, 0.2) is 5.16 Å². The molecule has 2 aliphatic rings. The minimum atomic E-state index is -0.755. The molecule has 2 fully saturated rings. The van der Waals surface area contributed by atoms with Crippen LogP contribution in [0.5, 0.6) is 0 Å². The number of nitrogens with two attached hydrogens (primary N) is 1. The molecule has 194 valence electrons. The molecule has 36 heavy (non-hydrogen) atoms. The number of anilines is 2. The molecular formula is C24H33N7O4S. The Hall–Kier alpha value is -2.96. The Balaban J connectivity index is 1.55. The van der Waals surface area contributed by atoms with Gasteiger partial charge in [-0.15, -0.1) is 0 Å². The number of nitrogens with zero attached hydrogens (tertiary/aromatic N) is 6. The second kappa shape index (κ2) is 11.8. The third kappa shape index (κ3) is 6.05. The van der Waals surface area contributed by atoms with Gasteiger partial charge in [-0.25, -0.2) is 4.79 Å². The smallest absolute Gasteiger partial charge is 0.353 e. The highest BCUT2D eigenvalue weighted by Gasteiger charge is 2.39. The van der Waals surface area contributed by atoms with Crippen LogP contribution in [0.15, 0.2) is 29.4 Å². The van der Waals surface area contributed by atoms with Crippen molar-refractivity contribution < 1.29 is 14.5 Å². The molecule has 4 rings (SSSR count). The number of esters is 1. The SMILES string of the molecule is CCOC(=O)C1CN(Cc2cccc(CN3CCCC3)c2)CCN1c1nc(SC)nc(N)c1[N+](=O)[O-]. The standard InChI is InChI=1S/C24H33N7O4S/c1-3-35-23(32)19-16-29(15-18-8-6-7-17(13-18)14-28-9-4-5-10-28)11-12-30(19)22-20(31(33)34)21(25)26-24(27-22)36-2/h6-8,13,19H,3-5,9-12,14-16H2,1-2H3,(H2,25,26,27). The fourth-order valence-electron chi connectivity index (χ4n) is 4.87. The van der Waals surface area contributed by atoms with Gasteiger partial charge in [-0.2, -0.15) is 9.97 Å². The van der Waals surface area contributed by atoms with Crippen molar-refractivity contribution in [3.63, 3.8) is 0 Å². The summed E-state index contributed by atoms with van der Waals surface area (Å²) in [5, 5.41) is 12.1. The quantitative estimate of drug-likeness (QED) is 0.174. The van der Waals surface area contributed by atoms with E-state index in [2.05, 4.69) is 44.0 Å². The predicted molar refractivity (Wildman–Crippen MR) is 139 cm³/mol. The lowest BCUT2D eigenvalue weighted by atomic mass is 10.1. The highest BCUT2D eigenvalue weighted by atomic mass is 32.2. The van der Waals surface area contributed by atoms with Crippen LogP contribution in [-0.2, 0) is 22.6 Å². The van der Waals surface area contributed by atoms with E-state index in [0.717, 1.165) is 19.6 Å². The van der Waals surface area contributed by atoms with Gasteiger partial charge >= 0.3 is 11.7 Å². The van der Waals surface area contributed by atoms with Gasteiger partial charge in [0.1, 0.15) is 6.04 Å². The first kappa shape index (κ1) is 26.1. The molecule has 0 saturated carbocycles. The van der Waals surface area contributed by atoms with Crippen LogP contribution in [0.3, 0.4) is 0 Å². The van der Waals surface area contributed by atoms with E-state index in [1.807, 2.05) is 0 Å². The summed E-state index contributed by atoms with van der Waals surface area (Å²) in [4.78, 5) is 38.9. The Bertz CT molecular complexity index is 1100. The van der Waals surface area contributed by atoms with Crippen LogP contribution < -0.4 is 10.6 Å². The van der Waals surface area contributed by atoms with Crippen molar-refractivity contribution in [2.75, 3.05) is 56.2 Å². The molecule has 3 heterocycles. The van der Waals surface area contributed by atoms with Gasteiger partial charge in [0.05, 0.1) is 11.5 Å². The van der Waals surface area contributed by atoms with Crippen LogP contribution in [0.4, 0.5) is 17.3 Å². The molecule has 1 unspecified atom stereocenters. The number of thioether (sulfide) groups is 1. The zero-order chi connectivity index (χ0) is 25.7. The molecule has 2 saturated heterocycles. The maximum Gasteiger partial charge on any atom is 0.353 e. The van der Waals surface area contributed by atoms with E-state index in [0.29, 0.717) is 31.3 Å². The van der Waals surface area contributed by atoms with Crippen LogP contribution in [-0.4, -0.2) is 82.3 Å². The second-order valence-corrected chi connectivity index (χ2v) is 9.80. The fourth-order valence-corrected chi connectivity index (χ4v) is 5.23. The minimum Gasteiger partial charge on any atom is -0.464 e. The van der Waals surface area contributed by atoms with Crippen molar-refractivity contribution in [1.29, 1.82) is 0 Å². The number of carbonyl (C=O) groups excluding carboxylic acids is 1. The second-order valence-electron chi connectivity index (χ2n) is 9.02. The summed E-state index contributed by atoms with van der Waals surface area (Å²) in [6.45, 7) is 7.17. The summed E-state index contributed by atoms with van der Waals surface area (Å²) in [6.07, 6.45) is 4.28. The molecule has 0 radical (unpaired) electrons. The fraction of sp³-hybridized carbons (Fsp3) is 0.542. The molecule has 1 aromatic carbocycles. The number of nitrogen functional groups attached to an aromatic ring is 1. The van der Waals surface area contributed by atoms with Gasteiger partial charge in [-0.1, -0.05) is 36.0 Å². The lowest BCUT2D eigenvalue weighted by molar-refractivity contribution is -0.383. The first-order valence-corrected chi connectivity index (χ1v) is 13.4. The number of piperazine rings is 1. The number of carbonyl (C=O) groups is 1. The summed E-state index contributed by atoms with van der Waals surface area (Å²) < 4.78 is 5.35. The van der Waals surface area contributed by atoms with Gasteiger partial charge in [0.2, 0.25) is 11.6 Å². The molecule has 2 N–H and O–H groups in total. The largest absolute Gasteiger partial charge is 0.464 e. The highest BCUT2D eigenvalue weighted by molar-refractivity contribution is 7.98. The monoisotopic (exact) mass is 515 g/mol. The Labute approximate surface area is 215 Å². The zero-order valence-electron chi connectivity index (χ0n) is 20.8. The Kier molecular flexibility index (Phi) is 8.60. The average Bonchev–Trinajstić information content (AvgIpc) is 3.36. The van der Waals surface area contributed by atoms with Gasteiger partial charge in [0.25, 0.3) is 0 Å². The van der Waals surface area contributed by atoms with Crippen LogP contribution in [0, 0.1) is 10.1 Å². The molecule has 0 bridgehead atoms. The van der Waals surface area contributed by atoms with Crippen molar-refractivity contribution in [1.82, 2.24) is 19.8 Å². The van der Waals surface area contributed by atoms with Crippen LogP contribution in [0.2, 0.25) is 0 Å². The van der Waals surface area contributed by atoms with E-state index < -0.39 is 16.9 Å². The van der Waals surface area contributed by atoms with Crippen molar-refractivity contribution in [3.8, 4) is 0 Å². The van der Waals surface area contributed by atoms with E-state index in [-0.39, 0.29) is 23.9 Å². The summed E-state index contributed by atoms with van der Waals surface area (Å²) in [5.41, 5.74) is 8.00. The van der Waals surface area contributed by atoms with Crippen molar-refractivity contribution in [3.05, 3.63) is 45.5 Å². The number of hydrogen-bond acceptors (Lipinski definition) is 11.